The Morgan fingerprint density at radius 2 is 1.86 bits per heavy atom. The van der Waals surface area contributed by atoms with Gasteiger partial charge in [0.1, 0.15) is 0 Å². The zero-order valence-corrected chi connectivity index (χ0v) is 22.7. The monoisotopic (exact) mass is 543 g/mol. The summed E-state index contributed by atoms with van der Waals surface area (Å²) in [6.07, 6.45) is 0.649. The molecular weight excluding hydrogens is 514 g/mol. The molecule has 0 spiro atoms. The molecule has 3 aromatic rings. The van der Waals surface area contributed by atoms with Crippen LogP contribution in [0.15, 0.2) is 53.7 Å². The van der Waals surface area contributed by atoms with Gasteiger partial charge in [-0.05, 0) is 49.6 Å². The highest BCUT2D eigenvalue weighted by molar-refractivity contribution is 7.99. The molecule has 3 rings (SSSR count). The average molecular weight is 544 g/mol. The van der Waals surface area contributed by atoms with Gasteiger partial charge in [-0.2, -0.15) is 0 Å². The fourth-order valence-corrected chi connectivity index (χ4v) is 4.74. The summed E-state index contributed by atoms with van der Waals surface area (Å²) in [6.45, 7) is 6.65. The molecule has 2 N–H and O–H groups in total. The predicted octanol–water partition coefficient (Wildman–Crippen LogP) is 4.99. The predicted molar refractivity (Wildman–Crippen MR) is 144 cm³/mol. The number of aromatic nitrogens is 3. The topological polar surface area (TPSA) is 115 Å². The maximum Gasteiger partial charge on any atom is 0.337 e. The lowest BCUT2D eigenvalue weighted by Gasteiger charge is -2.21. The van der Waals surface area contributed by atoms with Crippen LogP contribution in [0.1, 0.15) is 59.8 Å². The van der Waals surface area contributed by atoms with E-state index in [0.29, 0.717) is 45.8 Å². The van der Waals surface area contributed by atoms with Crippen molar-refractivity contribution in [2.75, 3.05) is 18.2 Å². The lowest BCUT2D eigenvalue weighted by atomic mass is 10.0. The molecule has 0 aliphatic carbocycles. The Hall–Kier alpha value is -3.37. The molecule has 1 heterocycles. The number of rotatable bonds is 11. The van der Waals surface area contributed by atoms with E-state index in [-0.39, 0.29) is 29.5 Å². The molecule has 1 atom stereocenters. The van der Waals surface area contributed by atoms with Gasteiger partial charge in [-0.1, -0.05) is 55.4 Å². The summed E-state index contributed by atoms with van der Waals surface area (Å²) in [5.74, 6) is -0.0470. The third kappa shape index (κ3) is 7.56. The average Bonchev–Trinajstić information content (AvgIpc) is 3.29. The lowest BCUT2D eigenvalue weighted by Crippen LogP contribution is -2.31. The highest BCUT2D eigenvalue weighted by Gasteiger charge is 2.25. The lowest BCUT2D eigenvalue weighted by molar-refractivity contribution is -0.113. The van der Waals surface area contributed by atoms with Gasteiger partial charge in [0.15, 0.2) is 11.0 Å². The standard InChI is InChI=1S/C26H30ClN5O4S/c1-5-32-23(21(13-16(2)3)29-24(34)19-11-6-7-12-20(19)27)30-31-26(32)37-15-22(33)28-18-10-8-9-17(14-18)25(35)36-4/h6-12,14,16,21H,5,13,15H2,1-4H3,(H,28,33)(H,29,34)/t21-/m1/s1. The first-order chi connectivity index (χ1) is 17.7. The van der Waals surface area contributed by atoms with Gasteiger partial charge in [0.2, 0.25) is 5.91 Å². The number of nitrogens with one attached hydrogen (secondary N) is 2. The summed E-state index contributed by atoms with van der Waals surface area (Å²) < 4.78 is 6.62. The molecule has 196 valence electrons. The van der Waals surface area contributed by atoms with Crippen molar-refractivity contribution in [3.05, 3.63) is 70.5 Å². The molecule has 0 unspecified atom stereocenters. The Labute approximate surface area is 225 Å². The molecule has 0 aliphatic heterocycles. The smallest absolute Gasteiger partial charge is 0.337 e. The van der Waals surface area contributed by atoms with Crippen LogP contribution in [-0.2, 0) is 16.1 Å². The number of amides is 2. The fourth-order valence-electron chi connectivity index (χ4n) is 3.71. The Morgan fingerprint density at radius 1 is 1.11 bits per heavy atom. The van der Waals surface area contributed by atoms with Crippen molar-refractivity contribution in [1.82, 2.24) is 20.1 Å². The van der Waals surface area contributed by atoms with Gasteiger partial charge in [0.05, 0.1) is 35.1 Å². The van der Waals surface area contributed by atoms with Crippen LogP contribution in [-0.4, -0.2) is 45.4 Å². The first-order valence-corrected chi connectivity index (χ1v) is 13.2. The maximum absolute atomic E-state index is 13.0. The zero-order valence-electron chi connectivity index (χ0n) is 21.2. The number of hydrogen-bond donors (Lipinski definition) is 2. The van der Waals surface area contributed by atoms with Crippen LogP contribution in [0.5, 0.6) is 0 Å². The van der Waals surface area contributed by atoms with E-state index < -0.39 is 5.97 Å². The maximum atomic E-state index is 13.0. The molecule has 0 saturated heterocycles. The molecule has 0 fully saturated rings. The van der Waals surface area contributed by atoms with Gasteiger partial charge in [-0.15, -0.1) is 10.2 Å². The Kier molecular flexibility index (Phi) is 10.1. The van der Waals surface area contributed by atoms with Gasteiger partial charge >= 0.3 is 5.97 Å². The van der Waals surface area contributed by atoms with E-state index in [1.165, 1.54) is 18.9 Å². The minimum Gasteiger partial charge on any atom is -0.465 e. The second kappa shape index (κ2) is 13.3. The number of methoxy groups -OCH3 is 1. The van der Waals surface area contributed by atoms with Crippen LogP contribution in [0.2, 0.25) is 5.02 Å². The van der Waals surface area contributed by atoms with Crippen molar-refractivity contribution >= 4 is 46.8 Å². The van der Waals surface area contributed by atoms with Gasteiger partial charge in [0, 0.05) is 12.2 Å². The van der Waals surface area contributed by atoms with E-state index in [2.05, 4.69) is 34.7 Å². The molecule has 2 aromatic carbocycles. The molecule has 0 saturated carbocycles. The van der Waals surface area contributed by atoms with Gasteiger partial charge in [-0.3, -0.25) is 9.59 Å². The number of hydrogen-bond acceptors (Lipinski definition) is 7. The number of halogens is 1. The van der Waals surface area contributed by atoms with E-state index in [1.54, 1.807) is 48.5 Å². The number of nitrogens with zero attached hydrogens (tertiary/aromatic N) is 3. The van der Waals surface area contributed by atoms with E-state index in [0.717, 1.165) is 0 Å². The van der Waals surface area contributed by atoms with E-state index in [9.17, 15) is 14.4 Å². The quantitative estimate of drug-likeness (QED) is 0.259. The molecule has 11 heteroatoms. The third-order valence-corrected chi connectivity index (χ3v) is 6.70. The SMILES string of the molecule is CCn1c(SCC(=O)Nc2cccc(C(=O)OC)c2)nnc1[C@@H](CC(C)C)NC(=O)c1ccccc1Cl. The van der Waals surface area contributed by atoms with Gasteiger partial charge < -0.3 is 19.9 Å². The van der Waals surface area contributed by atoms with Crippen LogP contribution < -0.4 is 10.6 Å². The second-order valence-corrected chi connectivity index (χ2v) is 9.98. The van der Waals surface area contributed by atoms with E-state index >= 15 is 0 Å². The summed E-state index contributed by atoms with van der Waals surface area (Å²) in [4.78, 5) is 37.3. The van der Waals surface area contributed by atoms with Crippen LogP contribution >= 0.6 is 23.4 Å². The Morgan fingerprint density at radius 3 is 2.54 bits per heavy atom. The van der Waals surface area contributed by atoms with Crippen molar-refractivity contribution in [2.24, 2.45) is 5.92 Å². The molecule has 1 aromatic heterocycles. The minimum absolute atomic E-state index is 0.0847. The van der Waals surface area contributed by atoms with E-state index in [1.807, 2.05) is 11.5 Å². The summed E-state index contributed by atoms with van der Waals surface area (Å²) in [5, 5.41) is 15.4. The number of carbonyl (C=O) groups excluding carboxylic acids is 3. The van der Waals surface area contributed by atoms with Crippen molar-refractivity contribution in [3.8, 4) is 0 Å². The summed E-state index contributed by atoms with van der Waals surface area (Å²) >= 11 is 7.46. The van der Waals surface area contributed by atoms with Crippen molar-refractivity contribution in [3.63, 3.8) is 0 Å². The van der Waals surface area contributed by atoms with Crippen molar-refractivity contribution in [1.29, 1.82) is 0 Å². The summed E-state index contributed by atoms with van der Waals surface area (Å²) in [6, 6.07) is 13.0. The van der Waals surface area contributed by atoms with Crippen LogP contribution in [0.3, 0.4) is 0 Å². The minimum atomic E-state index is -0.480. The van der Waals surface area contributed by atoms with Crippen molar-refractivity contribution in [2.45, 2.75) is 44.9 Å². The first-order valence-electron chi connectivity index (χ1n) is 11.8. The number of esters is 1. The number of carbonyl (C=O) groups is 3. The highest BCUT2D eigenvalue weighted by atomic mass is 35.5. The van der Waals surface area contributed by atoms with Crippen molar-refractivity contribution < 1.29 is 19.1 Å². The normalized spacial score (nSPS) is 11.7. The Balaban J connectivity index is 1.72. The third-order valence-electron chi connectivity index (χ3n) is 5.40. The summed E-state index contributed by atoms with van der Waals surface area (Å²) in [5.41, 5.74) is 1.23. The highest BCUT2D eigenvalue weighted by Crippen LogP contribution is 2.26. The van der Waals surface area contributed by atoms with Gasteiger partial charge in [-0.25, -0.2) is 4.79 Å². The molecule has 9 nitrogen and oxygen atoms in total. The molecule has 0 radical (unpaired) electrons. The number of anilines is 1. The second-order valence-electron chi connectivity index (χ2n) is 8.63. The zero-order chi connectivity index (χ0) is 26.9. The van der Waals surface area contributed by atoms with Gasteiger partial charge in [0.25, 0.3) is 5.91 Å². The Bertz CT molecular complexity index is 1260. The molecule has 37 heavy (non-hydrogen) atoms. The fraction of sp³-hybridized carbons (Fsp3) is 0.346. The number of benzene rings is 2. The number of ether oxygens (including phenoxy) is 1. The van der Waals surface area contributed by atoms with Crippen LogP contribution in [0.25, 0.3) is 0 Å². The molecule has 2 amide bonds. The molecular formula is C26H30ClN5O4S. The molecule has 0 aliphatic rings. The first kappa shape index (κ1) is 28.2. The van der Waals surface area contributed by atoms with E-state index in [4.69, 9.17) is 16.3 Å². The molecule has 0 bridgehead atoms. The largest absolute Gasteiger partial charge is 0.465 e. The number of thioether (sulfide) groups is 1. The van der Waals surface area contributed by atoms with Crippen LogP contribution in [0.4, 0.5) is 5.69 Å². The van der Waals surface area contributed by atoms with Crippen LogP contribution in [0, 0.1) is 5.92 Å². The summed E-state index contributed by atoms with van der Waals surface area (Å²) in [7, 11) is 1.30.